The number of anilines is 1. The van der Waals surface area contributed by atoms with Crippen LogP contribution in [0.25, 0.3) is 0 Å². The summed E-state index contributed by atoms with van der Waals surface area (Å²) in [5, 5.41) is 0. The molecule has 0 bridgehead atoms. The van der Waals surface area contributed by atoms with Crippen LogP contribution in [-0.2, 0) is 6.61 Å². The molecule has 19 heavy (non-hydrogen) atoms. The summed E-state index contributed by atoms with van der Waals surface area (Å²) in [7, 11) is 1.65. The molecule has 0 aliphatic rings. The molecule has 0 saturated heterocycles. The first-order valence-corrected chi connectivity index (χ1v) is 6.71. The monoisotopic (exact) mass is 321 g/mol. The van der Waals surface area contributed by atoms with Gasteiger partial charge in [0, 0.05) is 5.69 Å². The third kappa shape index (κ3) is 3.41. The number of methoxy groups -OCH3 is 1. The van der Waals surface area contributed by atoms with Crippen molar-refractivity contribution in [3.63, 3.8) is 0 Å². The first-order chi connectivity index (χ1) is 9.10. The van der Waals surface area contributed by atoms with E-state index in [0.29, 0.717) is 6.61 Å². The summed E-state index contributed by atoms with van der Waals surface area (Å²) < 4.78 is 11.8. The zero-order chi connectivity index (χ0) is 13.8. The Bertz CT molecular complexity index is 567. The van der Waals surface area contributed by atoms with Crippen molar-refractivity contribution in [3.05, 3.63) is 52.0 Å². The van der Waals surface area contributed by atoms with Crippen LogP contribution in [0.5, 0.6) is 11.5 Å². The molecule has 3 nitrogen and oxygen atoms in total. The van der Waals surface area contributed by atoms with Crippen LogP contribution in [0.3, 0.4) is 0 Å². The molecule has 2 rings (SSSR count). The van der Waals surface area contributed by atoms with E-state index in [-0.39, 0.29) is 0 Å². The van der Waals surface area contributed by atoms with Crippen molar-refractivity contribution in [2.45, 2.75) is 13.5 Å². The summed E-state index contributed by atoms with van der Waals surface area (Å²) in [6.07, 6.45) is 0. The minimum Gasteiger partial charge on any atom is -0.497 e. The van der Waals surface area contributed by atoms with Gasteiger partial charge in [0.15, 0.2) is 0 Å². The normalized spacial score (nSPS) is 10.3. The Labute approximate surface area is 121 Å². The minimum absolute atomic E-state index is 0.506. The van der Waals surface area contributed by atoms with Gasteiger partial charge in [-0.3, -0.25) is 0 Å². The Balaban J connectivity index is 2.07. The van der Waals surface area contributed by atoms with Crippen LogP contribution in [0.4, 0.5) is 5.69 Å². The number of hydrogen-bond acceptors (Lipinski definition) is 3. The fourth-order valence-electron chi connectivity index (χ4n) is 1.66. The lowest BCUT2D eigenvalue weighted by molar-refractivity contribution is 0.304. The smallest absolute Gasteiger partial charge is 0.134 e. The number of rotatable bonds is 4. The maximum Gasteiger partial charge on any atom is 0.134 e. The highest BCUT2D eigenvalue weighted by atomic mass is 79.9. The van der Waals surface area contributed by atoms with Crippen LogP contribution in [0.15, 0.2) is 40.9 Å². The Morgan fingerprint density at radius 3 is 2.47 bits per heavy atom. The molecule has 0 atom stereocenters. The summed E-state index contributed by atoms with van der Waals surface area (Å²) in [5.41, 5.74) is 8.68. The average molecular weight is 322 g/mol. The van der Waals surface area contributed by atoms with E-state index in [2.05, 4.69) is 15.9 Å². The summed E-state index contributed by atoms with van der Waals surface area (Å²) in [6, 6.07) is 11.6. The van der Waals surface area contributed by atoms with Crippen molar-refractivity contribution in [1.82, 2.24) is 0 Å². The zero-order valence-corrected chi connectivity index (χ0v) is 12.5. The highest BCUT2D eigenvalue weighted by Crippen LogP contribution is 2.30. The largest absolute Gasteiger partial charge is 0.497 e. The highest BCUT2D eigenvalue weighted by Gasteiger charge is 2.05. The number of ether oxygens (including phenoxy) is 2. The molecule has 0 fully saturated rings. The maximum absolute atomic E-state index is 5.83. The predicted molar refractivity (Wildman–Crippen MR) is 80.6 cm³/mol. The van der Waals surface area contributed by atoms with Gasteiger partial charge in [-0.2, -0.15) is 0 Å². The first kappa shape index (κ1) is 13.7. The molecule has 0 radical (unpaired) electrons. The topological polar surface area (TPSA) is 44.5 Å². The third-order valence-electron chi connectivity index (χ3n) is 2.87. The van der Waals surface area contributed by atoms with Crippen LogP contribution >= 0.6 is 15.9 Å². The lowest BCUT2D eigenvalue weighted by atomic mass is 10.2. The van der Waals surface area contributed by atoms with Gasteiger partial charge in [0.25, 0.3) is 0 Å². The Morgan fingerprint density at radius 2 is 1.84 bits per heavy atom. The molecule has 0 spiro atoms. The van der Waals surface area contributed by atoms with E-state index in [0.717, 1.165) is 32.8 Å². The molecule has 2 aromatic carbocycles. The molecule has 0 aromatic heterocycles. The molecule has 100 valence electrons. The fraction of sp³-hybridized carbons (Fsp3) is 0.200. The van der Waals surface area contributed by atoms with Gasteiger partial charge in [-0.15, -0.1) is 0 Å². The van der Waals surface area contributed by atoms with Crippen LogP contribution in [-0.4, -0.2) is 7.11 Å². The standard InChI is InChI=1S/C15H16BrNO2/c1-10-7-15(13(16)8-14(10)17)19-9-11-3-5-12(18-2)6-4-11/h3-8H,9,17H2,1-2H3. The van der Waals surface area contributed by atoms with Gasteiger partial charge < -0.3 is 15.2 Å². The summed E-state index contributed by atoms with van der Waals surface area (Å²) >= 11 is 3.45. The Morgan fingerprint density at radius 1 is 1.16 bits per heavy atom. The molecule has 0 amide bonds. The van der Waals surface area contributed by atoms with Crippen molar-refractivity contribution in [3.8, 4) is 11.5 Å². The van der Waals surface area contributed by atoms with Crippen molar-refractivity contribution >= 4 is 21.6 Å². The second-order valence-electron chi connectivity index (χ2n) is 4.28. The van der Waals surface area contributed by atoms with E-state index >= 15 is 0 Å². The second kappa shape index (κ2) is 5.97. The van der Waals surface area contributed by atoms with Gasteiger partial charge in [-0.05, 0) is 58.2 Å². The first-order valence-electron chi connectivity index (χ1n) is 5.91. The lowest BCUT2D eigenvalue weighted by Crippen LogP contribution is -1.98. The van der Waals surface area contributed by atoms with Gasteiger partial charge in [0.05, 0.1) is 11.6 Å². The number of hydrogen-bond donors (Lipinski definition) is 1. The Kier molecular flexibility index (Phi) is 4.32. The summed E-state index contributed by atoms with van der Waals surface area (Å²) in [5.74, 6) is 1.63. The molecule has 0 heterocycles. The van der Waals surface area contributed by atoms with Gasteiger partial charge in [-0.1, -0.05) is 12.1 Å². The van der Waals surface area contributed by atoms with Crippen LogP contribution in [0.2, 0.25) is 0 Å². The molecular formula is C15H16BrNO2. The van der Waals surface area contributed by atoms with E-state index < -0.39 is 0 Å². The molecular weight excluding hydrogens is 306 g/mol. The van der Waals surface area contributed by atoms with Crippen LogP contribution < -0.4 is 15.2 Å². The van der Waals surface area contributed by atoms with E-state index in [1.54, 1.807) is 7.11 Å². The molecule has 4 heteroatoms. The van der Waals surface area contributed by atoms with Gasteiger partial charge in [0.1, 0.15) is 18.1 Å². The van der Waals surface area contributed by atoms with Gasteiger partial charge in [-0.25, -0.2) is 0 Å². The molecule has 2 aromatic rings. The van der Waals surface area contributed by atoms with Crippen molar-refractivity contribution in [1.29, 1.82) is 0 Å². The minimum atomic E-state index is 0.506. The number of halogens is 1. The van der Waals surface area contributed by atoms with E-state index in [1.165, 1.54) is 0 Å². The van der Waals surface area contributed by atoms with Gasteiger partial charge in [0.2, 0.25) is 0 Å². The third-order valence-corrected chi connectivity index (χ3v) is 3.49. The van der Waals surface area contributed by atoms with Crippen molar-refractivity contribution < 1.29 is 9.47 Å². The zero-order valence-electron chi connectivity index (χ0n) is 10.9. The molecule has 0 aliphatic heterocycles. The molecule has 0 aliphatic carbocycles. The second-order valence-corrected chi connectivity index (χ2v) is 5.13. The summed E-state index contributed by atoms with van der Waals surface area (Å²) in [6.45, 7) is 2.47. The average Bonchev–Trinajstić information content (AvgIpc) is 2.42. The number of aryl methyl sites for hydroxylation is 1. The molecule has 2 N–H and O–H groups in total. The summed E-state index contributed by atoms with van der Waals surface area (Å²) in [4.78, 5) is 0. The quantitative estimate of drug-likeness (QED) is 0.868. The SMILES string of the molecule is COc1ccc(COc2cc(C)c(N)cc2Br)cc1. The van der Waals surface area contributed by atoms with Crippen LogP contribution in [0.1, 0.15) is 11.1 Å². The lowest BCUT2D eigenvalue weighted by Gasteiger charge is -2.11. The molecule has 0 unspecified atom stereocenters. The Hall–Kier alpha value is -1.68. The maximum atomic E-state index is 5.83. The van der Waals surface area contributed by atoms with Crippen molar-refractivity contribution in [2.75, 3.05) is 12.8 Å². The van der Waals surface area contributed by atoms with E-state index in [1.807, 2.05) is 43.3 Å². The van der Waals surface area contributed by atoms with Crippen molar-refractivity contribution in [2.24, 2.45) is 0 Å². The van der Waals surface area contributed by atoms with Crippen LogP contribution in [0, 0.1) is 6.92 Å². The fourth-order valence-corrected chi connectivity index (χ4v) is 2.14. The predicted octanol–water partition coefficient (Wildman–Crippen LogP) is 3.93. The van der Waals surface area contributed by atoms with E-state index in [9.17, 15) is 0 Å². The number of nitrogen functional groups attached to an aromatic ring is 1. The number of benzene rings is 2. The van der Waals surface area contributed by atoms with Gasteiger partial charge >= 0.3 is 0 Å². The molecule has 0 saturated carbocycles. The number of nitrogens with two attached hydrogens (primary N) is 1. The highest BCUT2D eigenvalue weighted by molar-refractivity contribution is 9.10. The van der Waals surface area contributed by atoms with E-state index in [4.69, 9.17) is 15.2 Å².